The zero-order valence-electron chi connectivity index (χ0n) is 18.8. The molecular weight excluding hydrogens is 465 g/mol. The topological polar surface area (TPSA) is 98.7 Å². The lowest BCUT2D eigenvalue weighted by molar-refractivity contribution is -0.0489. The van der Waals surface area contributed by atoms with E-state index in [0.717, 1.165) is 43.5 Å². The van der Waals surface area contributed by atoms with Crippen molar-refractivity contribution in [1.82, 2.24) is 29.7 Å². The number of aliphatic hydroxyl groups is 1. The predicted octanol–water partition coefficient (Wildman–Crippen LogP) is 2.90. The van der Waals surface area contributed by atoms with E-state index in [-0.39, 0.29) is 22.7 Å². The Balaban J connectivity index is 1.62. The third kappa shape index (κ3) is 4.54. The highest BCUT2D eigenvalue weighted by molar-refractivity contribution is 5.75. The van der Waals surface area contributed by atoms with Crippen molar-refractivity contribution in [3.05, 3.63) is 59.6 Å². The molecule has 1 atom stereocenters. The molecule has 0 amide bonds. The lowest BCUT2D eigenvalue weighted by Crippen LogP contribution is -2.17. The van der Waals surface area contributed by atoms with Gasteiger partial charge in [-0.3, -0.25) is 9.67 Å². The molecule has 35 heavy (non-hydrogen) atoms. The van der Waals surface area contributed by atoms with Gasteiger partial charge in [-0.1, -0.05) is 0 Å². The van der Waals surface area contributed by atoms with Gasteiger partial charge < -0.3 is 19.9 Å². The Morgan fingerprint density at radius 2 is 2.03 bits per heavy atom. The van der Waals surface area contributed by atoms with Crippen LogP contribution in [0.2, 0.25) is 0 Å². The summed E-state index contributed by atoms with van der Waals surface area (Å²) in [6, 6.07) is 4.23. The molecule has 0 aliphatic carbocycles. The van der Waals surface area contributed by atoms with Crippen molar-refractivity contribution in [2.75, 3.05) is 19.7 Å². The molecule has 1 unspecified atom stereocenters. The summed E-state index contributed by atoms with van der Waals surface area (Å²) < 4.78 is 53.5. The van der Waals surface area contributed by atoms with E-state index in [1.54, 1.807) is 12.3 Å². The molecule has 5 rings (SSSR count). The molecule has 0 bridgehead atoms. The van der Waals surface area contributed by atoms with Gasteiger partial charge in [0.15, 0.2) is 23.1 Å². The smallest absolute Gasteiger partial charge is 0.387 e. The molecular formula is C23H23F3N6O3. The first-order valence-electron chi connectivity index (χ1n) is 11.1. The highest BCUT2D eigenvalue weighted by Crippen LogP contribution is 2.37. The second kappa shape index (κ2) is 9.55. The number of aromatic nitrogens is 5. The summed E-state index contributed by atoms with van der Waals surface area (Å²) in [6.07, 6.45) is 3.67. The molecule has 1 aliphatic rings. The van der Waals surface area contributed by atoms with E-state index in [2.05, 4.69) is 20.1 Å². The van der Waals surface area contributed by atoms with Gasteiger partial charge in [0.25, 0.3) is 0 Å². The van der Waals surface area contributed by atoms with Crippen LogP contribution in [0.15, 0.2) is 36.8 Å². The summed E-state index contributed by atoms with van der Waals surface area (Å²) in [4.78, 5) is 3.98. The zero-order chi connectivity index (χ0) is 24.5. The van der Waals surface area contributed by atoms with Crippen LogP contribution in [0.3, 0.4) is 0 Å². The average molecular weight is 488 g/mol. The van der Waals surface area contributed by atoms with Crippen LogP contribution in [-0.2, 0) is 13.0 Å². The van der Waals surface area contributed by atoms with Crippen LogP contribution >= 0.6 is 0 Å². The molecule has 4 aromatic heterocycles. The summed E-state index contributed by atoms with van der Waals surface area (Å²) in [5.41, 5.74) is 3.88. The van der Waals surface area contributed by atoms with E-state index < -0.39 is 25.1 Å². The van der Waals surface area contributed by atoms with Gasteiger partial charge in [-0.15, -0.1) is 0 Å². The number of ether oxygens (including phenoxy) is 2. The van der Waals surface area contributed by atoms with Crippen LogP contribution in [0.1, 0.15) is 23.1 Å². The van der Waals surface area contributed by atoms with Gasteiger partial charge in [0.1, 0.15) is 5.82 Å². The Kier molecular flexibility index (Phi) is 6.31. The molecule has 2 N–H and O–H groups in total. The second-order valence-corrected chi connectivity index (χ2v) is 8.11. The Bertz CT molecular complexity index is 1340. The van der Waals surface area contributed by atoms with Gasteiger partial charge >= 0.3 is 6.61 Å². The molecule has 0 spiro atoms. The Hall–Kier alpha value is -3.64. The van der Waals surface area contributed by atoms with Crippen molar-refractivity contribution in [3.8, 4) is 22.8 Å². The molecule has 0 saturated heterocycles. The van der Waals surface area contributed by atoms with Crippen LogP contribution in [0.5, 0.6) is 11.5 Å². The van der Waals surface area contributed by atoms with Crippen LogP contribution in [-0.4, -0.2) is 55.8 Å². The van der Waals surface area contributed by atoms with Crippen molar-refractivity contribution in [2.45, 2.75) is 32.6 Å². The Morgan fingerprint density at radius 3 is 2.77 bits per heavy atom. The maximum absolute atomic E-state index is 13.3. The van der Waals surface area contributed by atoms with Gasteiger partial charge in [0, 0.05) is 37.0 Å². The molecule has 4 aromatic rings. The molecule has 9 nitrogen and oxygen atoms in total. The fourth-order valence-electron chi connectivity index (χ4n) is 4.26. The molecule has 5 heterocycles. The van der Waals surface area contributed by atoms with Crippen LogP contribution in [0.4, 0.5) is 13.2 Å². The van der Waals surface area contributed by atoms with E-state index in [9.17, 15) is 18.3 Å². The molecule has 0 fully saturated rings. The second-order valence-electron chi connectivity index (χ2n) is 8.11. The lowest BCUT2D eigenvalue weighted by Gasteiger charge is -2.18. The minimum Gasteiger partial charge on any atom is -0.479 e. The normalized spacial score (nSPS) is 14.7. The van der Waals surface area contributed by atoms with E-state index in [0.29, 0.717) is 11.3 Å². The first kappa shape index (κ1) is 23.1. The van der Waals surface area contributed by atoms with Gasteiger partial charge in [-0.2, -0.15) is 19.0 Å². The minimum atomic E-state index is -3.07. The molecule has 0 saturated carbocycles. The fraction of sp³-hybridized carbons (Fsp3) is 0.348. The number of rotatable bonds is 7. The number of nitrogens with one attached hydrogen (secondary N) is 1. The van der Waals surface area contributed by atoms with Gasteiger partial charge in [-0.25, -0.2) is 8.91 Å². The Labute approximate surface area is 198 Å². The number of fused-ring (bicyclic) bond motifs is 2. The third-order valence-electron chi connectivity index (χ3n) is 5.91. The third-order valence-corrected chi connectivity index (χ3v) is 5.91. The van der Waals surface area contributed by atoms with E-state index in [1.807, 2.05) is 11.6 Å². The van der Waals surface area contributed by atoms with Gasteiger partial charge in [0.05, 0.1) is 36.9 Å². The van der Waals surface area contributed by atoms with Gasteiger partial charge in [0.2, 0.25) is 0 Å². The number of hydrogen-bond donors (Lipinski definition) is 2. The largest absolute Gasteiger partial charge is 0.479 e. The van der Waals surface area contributed by atoms with Crippen LogP contribution in [0.25, 0.3) is 16.8 Å². The summed E-state index contributed by atoms with van der Waals surface area (Å²) in [5.74, 6) is -0.595. The highest BCUT2D eigenvalue weighted by Gasteiger charge is 2.24. The van der Waals surface area contributed by atoms with E-state index in [1.165, 1.54) is 22.8 Å². The molecule has 0 radical (unpaired) electrons. The summed E-state index contributed by atoms with van der Waals surface area (Å²) in [6.45, 7) is 0.796. The highest BCUT2D eigenvalue weighted by atomic mass is 19.3. The summed E-state index contributed by atoms with van der Waals surface area (Å²) >= 11 is 0. The fourth-order valence-corrected chi connectivity index (χ4v) is 4.26. The number of halogens is 3. The zero-order valence-corrected chi connectivity index (χ0v) is 18.8. The lowest BCUT2D eigenvalue weighted by atomic mass is 10.1. The molecule has 0 aromatic carbocycles. The quantitative estimate of drug-likeness (QED) is 0.413. The van der Waals surface area contributed by atoms with Crippen molar-refractivity contribution in [2.24, 2.45) is 0 Å². The Morgan fingerprint density at radius 1 is 1.17 bits per heavy atom. The molecule has 1 aliphatic heterocycles. The summed E-state index contributed by atoms with van der Waals surface area (Å²) in [7, 11) is 0. The maximum atomic E-state index is 13.3. The number of alkyl halides is 2. The monoisotopic (exact) mass is 488 g/mol. The average Bonchev–Trinajstić information content (AvgIpc) is 3.28. The minimum absolute atomic E-state index is 0.130. The number of aliphatic hydroxyl groups excluding tert-OH is 1. The first-order valence-corrected chi connectivity index (χ1v) is 11.1. The molecule has 184 valence electrons. The first-order chi connectivity index (χ1) is 16.9. The van der Waals surface area contributed by atoms with E-state index >= 15 is 0 Å². The van der Waals surface area contributed by atoms with Crippen LogP contribution in [0, 0.1) is 12.7 Å². The SMILES string of the molecule is Cc1c(-c2cc(OC(CO)c3ccc(F)cn3)c3c(OC(F)F)cnn3c2)nn2c1CCNCC2. The summed E-state index contributed by atoms with van der Waals surface area (Å²) in [5, 5.41) is 22.2. The molecule has 12 heteroatoms. The van der Waals surface area contributed by atoms with Gasteiger partial charge in [-0.05, 0) is 30.7 Å². The standard InChI is InChI=1S/C23H23F3N6O3/c1-13-17-4-5-27-6-7-31(17)30-21(13)14-8-18(22-19(35-23(25)26)10-29-32(22)11-14)34-20(12-33)16-3-2-15(24)9-28-16/h2-3,8-11,20,23,27,33H,4-7,12H2,1H3. The van der Waals surface area contributed by atoms with Crippen molar-refractivity contribution in [1.29, 1.82) is 0 Å². The number of hydrogen-bond acceptors (Lipinski definition) is 7. The van der Waals surface area contributed by atoms with Crippen molar-refractivity contribution < 1.29 is 27.8 Å². The van der Waals surface area contributed by atoms with Crippen molar-refractivity contribution >= 4 is 5.52 Å². The number of pyridine rings is 2. The maximum Gasteiger partial charge on any atom is 0.387 e. The predicted molar refractivity (Wildman–Crippen MR) is 119 cm³/mol. The van der Waals surface area contributed by atoms with Crippen molar-refractivity contribution in [3.63, 3.8) is 0 Å². The van der Waals surface area contributed by atoms with E-state index in [4.69, 9.17) is 9.84 Å². The van der Waals surface area contributed by atoms with Crippen LogP contribution < -0.4 is 14.8 Å². The number of nitrogens with zero attached hydrogens (tertiary/aromatic N) is 5.